The highest BCUT2D eigenvalue weighted by Gasteiger charge is 2.41. The van der Waals surface area contributed by atoms with Crippen molar-refractivity contribution in [3.8, 4) is 5.75 Å². The smallest absolute Gasteiger partial charge is 0.282 e. The predicted molar refractivity (Wildman–Crippen MR) is 128 cm³/mol. The van der Waals surface area contributed by atoms with Gasteiger partial charge in [-0.2, -0.15) is 0 Å². The second kappa shape index (κ2) is 9.10. The summed E-state index contributed by atoms with van der Waals surface area (Å²) in [4.78, 5) is 28.5. The number of para-hydroxylation sites is 2. The maximum atomic E-state index is 13.7. The minimum absolute atomic E-state index is 0.264. The van der Waals surface area contributed by atoms with E-state index in [1.165, 1.54) is 4.90 Å². The van der Waals surface area contributed by atoms with E-state index in [2.05, 4.69) is 5.32 Å². The molecule has 4 rings (SSSR count). The van der Waals surface area contributed by atoms with Crippen molar-refractivity contribution in [2.24, 2.45) is 0 Å². The van der Waals surface area contributed by atoms with Crippen LogP contribution in [0.25, 0.3) is 5.57 Å². The zero-order chi connectivity index (χ0) is 22.7. The number of carbonyl (C=O) groups is 2. The van der Waals surface area contributed by atoms with Gasteiger partial charge in [0.1, 0.15) is 11.4 Å². The first-order valence-corrected chi connectivity index (χ1v) is 10.8. The van der Waals surface area contributed by atoms with Crippen molar-refractivity contribution in [3.05, 3.63) is 95.2 Å². The van der Waals surface area contributed by atoms with Crippen molar-refractivity contribution in [2.45, 2.75) is 27.2 Å². The zero-order valence-electron chi connectivity index (χ0n) is 18.5. The Kier molecular flexibility index (Phi) is 6.08. The fourth-order valence-corrected chi connectivity index (χ4v) is 3.72. The Morgan fingerprint density at radius 3 is 2.34 bits per heavy atom. The second-order valence-electron chi connectivity index (χ2n) is 7.82. The molecule has 0 bridgehead atoms. The van der Waals surface area contributed by atoms with E-state index in [4.69, 9.17) is 4.74 Å². The molecule has 162 valence electrons. The fourth-order valence-electron chi connectivity index (χ4n) is 3.72. The Morgan fingerprint density at radius 2 is 1.59 bits per heavy atom. The third kappa shape index (κ3) is 4.02. The van der Waals surface area contributed by atoms with Gasteiger partial charge in [-0.25, -0.2) is 4.90 Å². The lowest BCUT2D eigenvalue weighted by Crippen LogP contribution is -2.32. The van der Waals surface area contributed by atoms with Gasteiger partial charge in [-0.05, 0) is 55.2 Å². The van der Waals surface area contributed by atoms with E-state index in [-0.39, 0.29) is 11.6 Å². The third-order valence-electron chi connectivity index (χ3n) is 5.37. The van der Waals surface area contributed by atoms with Gasteiger partial charge in [0.05, 0.1) is 17.9 Å². The standard InChI is InChI=1S/C27H26N2O3/c1-4-16-32-23-13-9-8-12-22(23)29-26(30)24(20-10-6-5-7-11-20)25(27(29)31)28-21-17-18(2)14-15-19(21)3/h5-15,17,28H,4,16H2,1-3H3. The van der Waals surface area contributed by atoms with Crippen LogP contribution in [0.1, 0.15) is 30.0 Å². The maximum Gasteiger partial charge on any atom is 0.282 e. The highest BCUT2D eigenvalue weighted by Crippen LogP contribution is 2.38. The fraction of sp³-hybridized carbons (Fsp3) is 0.185. The van der Waals surface area contributed by atoms with Crippen LogP contribution in [0.4, 0.5) is 11.4 Å². The molecule has 0 aromatic heterocycles. The minimum Gasteiger partial charge on any atom is -0.491 e. The number of rotatable bonds is 7. The van der Waals surface area contributed by atoms with Gasteiger partial charge in [0.25, 0.3) is 11.8 Å². The number of hydrogen-bond acceptors (Lipinski definition) is 4. The number of nitrogens with zero attached hydrogens (tertiary/aromatic N) is 1. The minimum atomic E-state index is -0.401. The number of carbonyl (C=O) groups excluding carboxylic acids is 2. The molecule has 5 heteroatoms. The molecule has 1 aliphatic heterocycles. The van der Waals surface area contributed by atoms with Gasteiger partial charge in [-0.1, -0.05) is 61.5 Å². The van der Waals surface area contributed by atoms with Crippen LogP contribution in [0, 0.1) is 13.8 Å². The normalized spacial score (nSPS) is 13.7. The number of imide groups is 1. The summed E-state index contributed by atoms with van der Waals surface area (Å²) in [6, 6.07) is 22.4. The van der Waals surface area contributed by atoms with Crippen LogP contribution in [-0.4, -0.2) is 18.4 Å². The summed E-state index contributed by atoms with van der Waals surface area (Å²) >= 11 is 0. The van der Waals surface area contributed by atoms with Crippen molar-refractivity contribution in [1.29, 1.82) is 0 Å². The summed E-state index contributed by atoms with van der Waals surface area (Å²) in [6.45, 7) is 6.47. The average molecular weight is 427 g/mol. The van der Waals surface area contributed by atoms with Crippen molar-refractivity contribution in [1.82, 2.24) is 0 Å². The lowest BCUT2D eigenvalue weighted by Gasteiger charge is -2.19. The van der Waals surface area contributed by atoms with Gasteiger partial charge in [-0.3, -0.25) is 9.59 Å². The van der Waals surface area contributed by atoms with Gasteiger partial charge in [0, 0.05) is 5.69 Å². The number of nitrogens with one attached hydrogen (secondary N) is 1. The van der Waals surface area contributed by atoms with Crippen molar-refractivity contribution in [2.75, 3.05) is 16.8 Å². The molecule has 0 spiro atoms. The number of aryl methyl sites for hydroxylation is 2. The second-order valence-corrected chi connectivity index (χ2v) is 7.82. The Balaban J connectivity index is 1.82. The highest BCUT2D eigenvalue weighted by molar-refractivity contribution is 6.46. The van der Waals surface area contributed by atoms with Crippen molar-refractivity contribution < 1.29 is 14.3 Å². The van der Waals surface area contributed by atoms with E-state index in [1.807, 2.05) is 75.4 Å². The summed E-state index contributed by atoms with van der Waals surface area (Å²) in [5.41, 5.74) is 4.59. The first-order valence-electron chi connectivity index (χ1n) is 10.8. The number of anilines is 2. The van der Waals surface area contributed by atoms with E-state index < -0.39 is 5.91 Å². The summed E-state index contributed by atoms with van der Waals surface area (Å²) in [5, 5.41) is 3.27. The van der Waals surface area contributed by atoms with Gasteiger partial charge in [-0.15, -0.1) is 0 Å². The molecule has 5 nitrogen and oxygen atoms in total. The molecule has 0 saturated heterocycles. The van der Waals surface area contributed by atoms with Gasteiger partial charge in [0.15, 0.2) is 0 Å². The Labute approximate surface area is 188 Å². The van der Waals surface area contributed by atoms with E-state index in [9.17, 15) is 9.59 Å². The Morgan fingerprint density at radius 1 is 0.875 bits per heavy atom. The third-order valence-corrected chi connectivity index (χ3v) is 5.37. The molecule has 0 aliphatic carbocycles. The quantitative estimate of drug-likeness (QED) is 0.508. The van der Waals surface area contributed by atoms with Crippen LogP contribution in [0.15, 0.2) is 78.5 Å². The molecule has 3 aromatic carbocycles. The molecule has 1 aliphatic rings. The molecule has 0 atom stereocenters. The SMILES string of the molecule is CCCOc1ccccc1N1C(=O)C(Nc2cc(C)ccc2C)=C(c2ccccc2)C1=O. The zero-order valence-corrected chi connectivity index (χ0v) is 18.5. The van der Waals surface area contributed by atoms with E-state index >= 15 is 0 Å². The van der Waals surface area contributed by atoms with Crippen LogP contribution in [-0.2, 0) is 9.59 Å². The van der Waals surface area contributed by atoms with Crippen LogP contribution in [0.5, 0.6) is 5.75 Å². The summed E-state index contributed by atoms with van der Waals surface area (Å²) in [6.07, 6.45) is 0.823. The van der Waals surface area contributed by atoms with Crippen LogP contribution < -0.4 is 15.0 Å². The number of ether oxygens (including phenoxy) is 1. The summed E-state index contributed by atoms with van der Waals surface area (Å²) in [5.74, 6) is -0.264. The molecule has 0 fully saturated rings. The number of benzene rings is 3. The molecule has 32 heavy (non-hydrogen) atoms. The molecule has 1 heterocycles. The maximum absolute atomic E-state index is 13.7. The lowest BCUT2D eigenvalue weighted by atomic mass is 10.0. The lowest BCUT2D eigenvalue weighted by molar-refractivity contribution is -0.120. The van der Waals surface area contributed by atoms with Crippen molar-refractivity contribution >= 4 is 28.8 Å². The highest BCUT2D eigenvalue weighted by atomic mass is 16.5. The van der Waals surface area contributed by atoms with Gasteiger partial charge >= 0.3 is 0 Å². The molecule has 0 unspecified atom stereocenters. The number of amides is 2. The monoisotopic (exact) mass is 426 g/mol. The topological polar surface area (TPSA) is 58.6 Å². The van der Waals surface area contributed by atoms with Crippen LogP contribution in [0.3, 0.4) is 0 Å². The van der Waals surface area contributed by atoms with Crippen LogP contribution in [0.2, 0.25) is 0 Å². The van der Waals surface area contributed by atoms with Gasteiger partial charge in [0.2, 0.25) is 0 Å². The van der Waals surface area contributed by atoms with Crippen molar-refractivity contribution in [3.63, 3.8) is 0 Å². The molecule has 1 N–H and O–H groups in total. The Hall–Kier alpha value is -3.86. The largest absolute Gasteiger partial charge is 0.491 e. The summed E-state index contributed by atoms with van der Waals surface area (Å²) < 4.78 is 5.84. The summed E-state index contributed by atoms with van der Waals surface area (Å²) in [7, 11) is 0. The average Bonchev–Trinajstić information content (AvgIpc) is 3.04. The van der Waals surface area contributed by atoms with Crippen LogP contribution >= 0.6 is 0 Å². The first kappa shape index (κ1) is 21.4. The molecular formula is C27H26N2O3. The molecule has 0 saturated carbocycles. The molecule has 0 radical (unpaired) electrons. The van der Waals surface area contributed by atoms with E-state index in [1.54, 1.807) is 18.2 Å². The molecular weight excluding hydrogens is 400 g/mol. The molecule has 3 aromatic rings. The number of hydrogen-bond donors (Lipinski definition) is 1. The first-order chi connectivity index (χ1) is 15.5. The predicted octanol–water partition coefficient (Wildman–Crippen LogP) is 5.49. The van der Waals surface area contributed by atoms with Gasteiger partial charge < -0.3 is 10.1 Å². The molecule has 2 amide bonds. The van der Waals surface area contributed by atoms with E-state index in [0.29, 0.717) is 29.2 Å². The Bertz CT molecular complexity index is 1200. The van der Waals surface area contributed by atoms with E-state index in [0.717, 1.165) is 23.2 Å².